The second-order valence-corrected chi connectivity index (χ2v) is 4.17. The molecular weight excluding hydrogens is 282 g/mol. The van der Waals surface area contributed by atoms with Gasteiger partial charge < -0.3 is 5.73 Å². The standard InChI is InChI=1S/C9H9Br2N/c10-8-4-7(2-1-3-12)5-9(11)6-8/h1-2,4-6H,3,12H2. The fraction of sp³-hybridized carbons (Fsp3) is 0.111. The first-order valence-electron chi connectivity index (χ1n) is 3.55. The molecule has 0 aromatic heterocycles. The third-order valence-corrected chi connectivity index (χ3v) is 2.25. The minimum Gasteiger partial charge on any atom is -0.327 e. The molecule has 12 heavy (non-hydrogen) atoms. The number of nitrogens with two attached hydrogens (primary N) is 1. The molecule has 1 aromatic carbocycles. The predicted molar refractivity (Wildman–Crippen MR) is 59.9 cm³/mol. The zero-order valence-corrected chi connectivity index (χ0v) is 9.60. The molecule has 0 unspecified atom stereocenters. The number of benzene rings is 1. The van der Waals surface area contributed by atoms with E-state index in [-0.39, 0.29) is 0 Å². The predicted octanol–water partition coefficient (Wildman–Crippen LogP) is 3.18. The number of hydrogen-bond acceptors (Lipinski definition) is 1. The van der Waals surface area contributed by atoms with E-state index in [1.165, 1.54) is 0 Å². The normalized spacial score (nSPS) is 10.9. The SMILES string of the molecule is NCC=Cc1cc(Br)cc(Br)c1. The number of hydrogen-bond donors (Lipinski definition) is 1. The second kappa shape index (κ2) is 4.80. The molecule has 0 aliphatic heterocycles. The van der Waals surface area contributed by atoms with Gasteiger partial charge in [0.2, 0.25) is 0 Å². The minimum atomic E-state index is 0.574. The molecule has 64 valence electrons. The van der Waals surface area contributed by atoms with Crippen LogP contribution in [0, 0.1) is 0 Å². The Bertz CT molecular complexity index is 274. The van der Waals surface area contributed by atoms with Crippen LogP contribution in [0.1, 0.15) is 5.56 Å². The highest BCUT2D eigenvalue weighted by atomic mass is 79.9. The summed E-state index contributed by atoms with van der Waals surface area (Å²) in [5, 5.41) is 0. The van der Waals surface area contributed by atoms with Gasteiger partial charge in [-0.25, -0.2) is 0 Å². The van der Waals surface area contributed by atoms with E-state index in [0.717, 1.165) is 14.5 Å². The van der Waals surface area contributed by atoms with E-state index in [0.29, 0.717) is 6.54 Å². The molecule has 0 spiro atoms. The molecule has 0 saturated carbocycles. The Labute approximate surface area is 88.9 Å². The van der Waals surface area contributed by atoms with E-state index in [2.05, 4.69) is 31.9 Å². The third kappa shape index (κ3) is 3.09. The van der Waals surface area contributed by atoms with E-state index in [9.17, 15) is 0 Å². The first-order valence-corrected chi connectivity index (χ1v) is 5.13. The number of halogens is 2. The van der Waals surface area contributed by atoms with Gasteiger partial charge in [-0.15, -0.1) is 0 Å². The van der Waals surface area contributed by atoms with Crippen LogP contribution < -0.4 is 5.73 Å². The summed E-state index contributed by atoms with van der Waals surface area (Å²) in [5.41, 5.74) is 6.48. The van der Waals surface area contributed by atoms with Crippen molar-refractivity contribution in [3.05, 3.63) is 38.8 Å². The van der Waals surface area contributed by atoms with Crippen LogP contribution in [-0.2, 0) is 0 Å². The Morgan fingerprint density at radius 1 is 1.17 bits per heavy atom. The lowest BCUT2D eigenvalue weighted by Gasteiger charge is -1.96. The van der Waals surface area contributed by atoms with Crippen LogP contribution in [0.3, 0.4) is 0 Å². The van der Waals surface area contributed by atoms with Gasteiger partial charge in [-0.3, -0.25) is 0 Å². The average Bonchev–Trinajstić information content (AvgIpc) is 1.99. The van der Waals surface area contributed by atoms with E-state index in [1.54, 1.807) is 0 Å². The van der Waals surface area contributed by atoms with E-state index in [4.69, 9.17) is 5.73 Å². The first kappa shape index (κ1) is 9.96. The van der Waals surface area contributed by atoms with Gasteiger partial charge in [-0.2, -0.15) is 0 Å². The molecule has 0 heterocycles. The van der Waals surface area contributed by atoms with Crippen LogP contribution in [0.15, 0.2) is 33.2 Å². The van der Waals surface area contributed by atoms with Gasteiger partial charge in [0.15, 0.2) is 0 Å². The summed E-state index contributed by atoms with van der Waals surface area (Å²) in [4.78, 5) is 0. The summed E-state index contributed by atoms with van der Waals surface area (Å²) in [5.74, 6) is 0. The zero-order chi connectivity index (χ0) is 8.97. The van der Waals surface area contributed by atoms with Crippen molar-refractivity contribution >= 4 is 37.9 Å². The Kier molecular flexibility index (Phi) is 3.98. The van der Waals surface area contributed by atoms with Crippen molar-refractivity contribution in [2.24, 2.45) is 5.73 Å². The molecule has 0 aliphatic carbocycles. The summed E-state index contributed by atoms with van der Waals surface area (Å²) < 4.78 is 2.13. The summed E-state index contributed by atoms with van der Waals surface area (Å²) in [6, 6.07) is 6.08. The fourth-order valence-electron chi connectivity index (χ4n) is 0.876. The van der Waals surface area contributed by atoms with Crippen LogP contribution >= 0.6 is 31.9 Å². The highest BCUT2D eigenvalue weighted by Crippen LogP contribution is 2.20. The van der Waals surface area contributed by atoms with Gasteiger partial charge in [-0.05, 0) is 23.8 Å². The molecule has 1 nitrogen and oxygen atoms in total. The van der Waals surface area contributed by atoms with Crippen molar-refractivity contribution in [3.8, 4) is 0 Å². The lowest BCUT2D eigenvalue weighted by Crippen LogP contribution is -1.91. The van der Waals surface area contributed by atoms with Crippen molar-refractivity contribution < 1.29 is 0 Å². The summed E-state index contributed by atoms with van der Waals surface area (Å²) >= 11 is 6.82. The molecule has 0 bridgehead atoms. The van der Waals surface area contributed by atoms with Crippen molar-refractivity contribution in [2.45, 2.75) is 0 Å². The topological polar surface area (TPSA) is 26.0 Å². The monoisotopic (exact) mass is 289 g/mol. The molecule has 0 aliphatic rings. The molecule has 0 fully saturated rings. The molecule has 1 aromatic rings. The summed E-state index contributed by atoms with van der Waals surface area (Å²) in [6.07, 6.45) is 3.92. The van der Waals surface area contributed by atoms with Crippen LogP contribution in [0.5, 0.6) is 0 Å². The minimum absolute atomic E-state index is 0.574. The molecule has 0 amide bonds. The quantitative estimate of drug-likeness (QED) is 0.889. The maximum atomic E-state index is 5.34. The van der Waals surface area contributed by atoms with Crippen molar-refractivity contribution in [3.63, 3.8) is 0 Å². The zero-order valence-electron chi connectivity index (χ0n) is 6.43. The molecule has 2 N–H and O–H groups in total. The average molecular weight is 291 g/mol. The Morgan fingerprint density at radius 2 is 1.75 bits per heavy atom. The van der Waals surface area contributed by atoms with Crippen molar-refractivity contribution in [2.75, 3.05) is 6.54 Å². The Hall–Kier alpha value is -0.120. The van der Waals surface area contributed by atoms with E-state index >= 15 is 0 Å². The lowest BCUT2D eigenvalue weighted by molar-refractivity contribution is 1.26. The summed E-state index contributed by atoms with van der Waals surface area (Å²) in [6.45, 7) is 0.574. The van der Waals surface area contributed by atoms with Crippen LogP contribution in [0.2, 0.25) is 0 Å². The lowest BCUT2D eigenvalue weighted by atomic mass is 10.2. The third-order valence-electron chi connectivity index (χ3n) is 1.33. The van der Waals surface area contributed by atoms with Crippen LogP contribution in [0.25, 0.3) is 6.08 Å². The molecule has 0 saturated heterocycles. The first-order chi connectivity index (χ1) is 5.72. The van der Waals surface area contributed by atoms with Crippen LogP contribution in [0.4, 0.5) is 0 Å². The summed E-state index contributed by atoms with van der Waals surface area (Å²) in [7, 11) is 0. The van der Waals surface area contributed by atoms with Gasteiger partial charge in [0.1, 0.15) is 0 Å². The molecule has 0 atom stereocenters. The second-order valence-electron chi connectivity index (χ2n) is 2.34. The van der Waals surface area contributed by atoms with Gasteiger partial charge >= 0.3 is 0 Å². The van der Waals surface area contributed by atoms with Gasteiger partial charge in [-0.1, -0.05) is 44.0 Å². The number of rotatable bonds is 2. The molecule has 1 rings (SSSR count). The maximum absolute atomic E-state index is 5.34. The van der Waals surface area contributed by atoms with E-state index in [1.807, 2.05) is 30.4 Å². The van der Waals surface area contributed by atoms with Gasteiger partial charge in [0, 0.05) is 15.5 Å². The van der Waals surface area contributed by atoms with Crippen molar-refractivity contribution in [1.29, 1.82) is 0 Å². The highest BCUT2D eigenvalue weighted by molar-refractivity contribution is 9.11. The maximum Gasteiger partial charge on any atom is 0.0192 e. The van der Waals surface area contributed by atoms with Crippen molar-refractivity contribution in [1.82, 2.24) is 0 Å². The van der Waals surface area contributed by atoms with Gasteiger partial charge in [0.05, 0.1) is 0 Å². The fourth-order valence-corrected chi connectivity index (χ4v) is 2.20. The smallest absolute Gasteiger partial charge is 0.0192 e. The Morgan fingerprint density at radius 3 is 2.25 bits per heavy atom. The largest absolute Gasteiger partial charge is 0.327 e. The van der Waals surface area contributed by atoms with E-state index < -0.39 is 0 Å². The Balaban J connectivity index is 2.93. The molecule has 3 heteroatoms. The van der Waals surface area contributed by atoms with Gasteiger partial charge in [0.25, 0.3) is 0 Å². The molecule has 0 radical (unpaired) electrons. The van der Waals surface area contributed by atoms with Crippen LogP contribution in [-0.4, -0.2) is 6.54 Å². The highest BCUT2D eigenvalue weighted by Gasteiger charge is 1.92. The molecular formula is C9H9Br2N.